The number of benzene rings is 2. The maximum atomic E-state index is 13.7. The molecule has 39 heavy (non-hydrogen) atoms. The number of rotatable bonds is 6. The van der Waals surface area contributed by atoms with Crippen LogP contribution in [0.15, 0.2) is 30.3 Å². The Morgan fingerprint density at radius 2 is 1.03 bits per heavy atom. The summed E-state index contributed by atoms with van der Waals surface area (Å²) in [5.74, 6) is 0.412. The van der Waals surface area contributed by atoms with Crippen molar-refractivity contribution in [2.75, 3.05) is 0 Å². The van der Waals surface area contributed by atoms with Crippen molar-refractivity contribution in [1.82, 2.24) is 0 Å². The molecule has 214 valence electrons. The molecule has 0 aliphatic heterocycles. The van der Waals surface area contributed by atoms with E-state index in [1.54, 1.807) is 62.3 Å². The van der Waals surface area contributed by atoms with Crippen LogP contribution in [0.25, 0.3) is 0 Å². The van der Waals surface area contributed by atoms with Crippen molar-refractivity contribution < 1.29 is 45.3 Å². The van der Waals surface area contributed by atoms with Gasteiger partial charge in [-0.25, -0.2) is 0 Å². The number of halogens is 6. The first-order valence-corrected chi connectivity index (χ1v) is 12.7. The quantitative estimate of drug-likeness (QED) is 0.201. The first kappa shape index (κ1) is 35.1. The van der Waals surface area contributed by atoms with Crippen molar-refractivity contribution in [3.05, 3.63) is 47.0 Å². The van der Waals surface area contributed by atoms with Crippen LogP contribution in [-0.4, -0.2) is 41.2 Å². The summed E-state index contributed by atoms with van der Waals surface area (Å²) >= 11 is 0. The third-order valence-electron chi connectivity index (χ3n) is 4.44. The summed E-state index contributed by atoms with van der Waals surface area (Å²) in [6.07, 6.45) is -10.4. The zero-order chi connectivity index (χ0) is 29.5. The third kappa shape index (κ3) is 10.6. The van der Waals surface area contributed by atoms with Gasteiger partial charge in [0.05, 0.1) is 16.4 Å². The van der Waals surface area contributed by atoms with Crippen LogP contribution in [-0.2, 0) is 12.4 Å². The number of hydrogen-bond donors (Lipinski definition) is 0. The molecule has 12 heteroatoms. The van der Waals surface area contributed by atoms with E-state index in [0.29, 0.717) is 23.9 Å². The fourth-order valence-corrected chi connectivity index (χ4v) is 4.48. The van der Waals surface area contributed by atoms with Gasteiger partial charge in [0, 0.05) is 17.7 Å². The minimum atomic E-state index is -5.18. The molecule has 1 unspecified atom stereocenters. The topological polar surface area (TPSA) is 44.8 Å². The van der Waals surface area contributed by atoms with Gasteiger partial charge in [-0.1, -0.05) is 6.07 Å². The first-order valence-electron chi connectivity index (χ1n) is 11.7. The van der Waals surface area contributed by atoms with E-state index in [1.165, 1.54) is 12.1 Å². The van der Waals surface area contributed by atoms with Gasteiger partial charge in [0.2, 0.25) is 0 Å². The Kier molecular flexibility index (Phi) is 10.7. The molecular formula is C27H34F6LiO4P. The predicted molar refractivity (Wildman–Crippen MR) is 143 cm³/mol. The molecule has 0 spiro atoms. The summed E-state index contributed by atoms with van der Waals surface area (Å²) in [5.41, 5.74) is -8.42. The van der Waals surface area contributed by atoms with E-state index in [4.69, 9.17) is 14.2 Å². The summed E-state index contributed by atoms with van der Waals surface area (Å²) in [6, 6.07) is 4.48. The molecule has 0 bridgehead atoms. The molecule has 2 aromatic rings. The summed E-state index contributed by atoms with van der Waals surface area (Å²) in [4.78, 5) is 13.4. The van der Waals surface area contributed by atoms with E-state index >= 15 is 0 Å². The van der Waals surface area contributed by atoms with Crippen molar-refractivity contribution in [3.63, 3.8) is 0 Å². The fourth-order valence-electron chi connectivity index (χ4n) is 3.37. The van der Waals surface area contributed by atoms with E-state index in [2.05, 4.69) is 0 Å². The van der Waals surface area contributed by atoms with E-state index in [9.17, 15) is 31.1 Å². The molecule has 0 aromatic heterocycles. The van der Waals surface area contributed by atoms with Crippen molar-refractivity contribution in [3.8, 4) is 17.2 Å². The molecule has 0 saturated heterocycles. The second-order valence-corrected chi connectivity index (χ2v) is 12.8. The molecule has 2 aromatic carbocycles. The second-order valence-electron chi connectivity index (χ2n) is 11.6. The predicted octanol–water partition coefficient (Wildman–Crippen LogP) is 7.75. The Bertz CT molecular complexity index is 1100. The number of ether oxygens (including phenoxy) is 3. The average molecular weight is 574 g/mol. The molecule has 0 N–H and O–H groups in total. The van der Waals surface area contributed by atoms with Crippen LogP contribution in [0.5, 0.6) is 17.2 Å². The molecule has 0 amide bonds. The summed E-state index contributed by atoms with van der Waals surface area (Å²) in [6.45, 7) is 15.7. The van der Waals surface area contributed by atoms with Gasteiger partial charge < -0.3 is 14.2 Å². The molecule has 0 heterocycles. The van der Waals surface area contributed by atoms with Crippen molar-refractivity contribution in [2.45, 2.75) is 91.5 Å². The normalized spacial score (nSPS) is 13.3. The summed E-state index contributed by atoms with van der Waals surface area (Å²) in [7, 11) is -1.18. The SMILES string of the molecule is CC(C)(C)Oc1cc(OC(C)(C)C)c(PC(=O)c2c(C(F)(F)F)cccc2C(F)(F)F)c(OC(C)(C)C)c1.[LiH]. The molecule has 2 rings (SSSR count). The summed E-state index contributed by atoms with van der Waals surface area (Å²) in [5, 5.41) is 0.0335. The van der Waals surface area contributed by atoms with Crippen LogP contribution in [0.1, 0.15) is 83.8 Å². The fraction of sp³-hybridized carbons (Fsp3) is 0.519. The van der Waals surface area contributed by atoms with Gasteiger partial charge in [-0.15, -0.1) is 0 Å². The Morgan fingerprint density at radius 3 is 1.33 bits per heavy atom. The van der Waals surface area contributed by atoms with Crippen molar-refractivity contribution in [1.29, 1.82) is 0 Å². The number of alkyl halides is 6. The van der Waals surface area contributed by atoms with Crippen LogP contribution in [0.3, 0.4) is 0 Å². The molecule has 1 atom stereocenters. The third-order valence-corrected chi connectivity index (χ3v) is 5.66. The average Bonchev–Trinajstić information content (AvgIpc) is 2.64. The van der Waals surface area contributed by atoms with E-state index < -0.39 is 60.0 Å². The molecule has 0 aliphatic carbocycles. The second kappa shape index (κ2) is 11.9. The van der Waals surface area contributed by atoms with Gasteiger partial charge in [0.25, 0.3) is 0 Å². The van der Waals surface area contributed by atoms with Crippen LogP contribution in [0.2, 0.25) is 0 Å². The monoisotopic (exact) mass is 574 g/mol. The Hall–Kier alpha value is -1.88. The zero-order valence-corrected chi connectivity index (χ0v) is 23.8. The molecule has 0 saturated carbocycles. The Labute approximate surface area is 239 Å². The number of carbonyl (C=O) groups is 1. The molecule has 0 fully saturated rings. The van der Waals surface area contributed by atoms with E-state index in [0.717, 1.165) is 0 Å². The number of hydrogen-bond acceptors (Lipinski definition) is 4. The summed E-state index contributed by atoms with van der Waals surface area (Å²) < 4.78 is 100. The number of carbonyl (C=O) groups excluding carboxylic acids is 1. The van der Waals surface area contributed by atoms with Crippen LogP contribution in [0, 0.1) is 0 Å². The van der Waals surface area contributed by atoms with Gasteiger partial charge >= 0.3 is 31.2 Å². The van der Waals surface area contributed by atoms with Crippen molar-refractivity contribution >= 4 is 38.3 Å². The molecule has 4 nitrogen and oxygen atoms in total. The van der Waals surface area contributed by atoms with Gasteiger partial charge in [0.15, 0.2) is 5.52 Å². The van der Waals surface area contributed by atoms with Gasteiger partial charge in [0.1, 0.15) is 34.1 Å². The Morgan fingerprint density at radius 1 is 0.667 bits per heavy atom. The van der Waals surface area contributed by atoms with Gasteiger partial charge in [-0.2, -0.15) is 26.3 Å². The molecule has 0 radical (unpaired) electrons. The first-order chi connectivity index (χ1) is 16.9. The van der Waals surface area contributed by atoms with Crippen LogP contribution < -0.4 is 19.5 Å². The van der Waals surface area contributed by atoms with Crippen molar-refractivity contribution in [2.24, 2.45) is 0 Å². The van der Waals surface area contributed by atoms with E-state index in [1.807, 2.05) is 0 Å². The van der Waals surface area contributed by atoms with Crippen LogP contribution in [0.4, 0.5) is 26.3 Å². The Balaban J connectivity index is 0.00000760. The van der Waals surface area contributed by atoms with Gasteiger partial charge in [-0.3, -0.25) is 4.79 Å². The van der Waals surface area contributed by atoms with E-state index in [-0.39, 0.29) is 35.7 Å². The minimum absolute atomic E-state index is 0. The molecule has 0 aliphatic rings. The standard InChI is InChI=1S/C27H33F6O4P.Li.H/c1-23(2,3)35-15-13-18(36-24(4,5)6)21(19(14-15)37-25(7,8)9)38-22(34)20-16(26(28,29)30)11-10-12-17(20)27(31,32)33;;/h10-14,38H,1-9H3;;. The van der Waals surface area contributed by atoms with Gasteiger partial charge in [-0.05, 0) is 83.0 Å². The molecular weight excluding hydrogens is 540 g/mol. The maximum absolute atomic E-state index is 13.7. The zero-order valence-electron chi connectivity index (χ0n) is 22.8. The van der Waals surface area contributed by atoms with Crippen LogP contribution >= 0.6 is 8.58 Å².